The van der Waals surface area contributed by atoms with E-state index in [1.54, 1.807) is 0 Å². The van der Waals surface area contributed by atoms with Gasteiger partial charge in [0.2, 0.25) is 0 Å². The van der Waals surface area contributed by atoms with Crippen LogP contribution in [0.5, 0.6) is 0 Å². The zero-order valence-corrected chi connectivity index (χ0v) is 14.4. The zero-order valence-electron chi connectivity index (χ0n) is 12.0. The lowest BCUT2D eigenvalue weighted by molar-refractivity contribution is 0.0924. The quantitative estimate of drug-likeness (QED) is 0.867. The Labute approximate surface area is 135 Å². The summed E-state index contributed by atoms with van der Waals surface area (Å²) < 4.78 is 0.977. The molecular weight excluding hydrogens is 340 g/mol. The minimum absolute atomic E-state index is 0. The third kappa shape index (κ3) is 4.21. The molecule has 112 valence electrons. The van der Waals surface area contributed by atoms with Crippen molar-refractivity contribution in [3.63, 3.8) is 0 Å². The molecule has 1 amide bonds. The summed E-state index contributed by atoms with van der Waals surface area (Å²) in [7, 11) is 0. The average Bonchev–Trinajstić information content (AvgIpc) is 2.40. The first-order chi connectivity index (χ1) is 9.02. The highest BCUT2D eigenvalue weighted by Crippen LogP contribution is 2.25. The first-order valence-corrected chi connectivity index (χ1v) is 7.55. The van der Waals surface area contributed by atoms with E-state index in [1.807, 2.05) is 25.1 Å². The summed E-state index contributed by atoms with van der Waals surface area (Å²) in [4.78, 5) is 12.3. The van der Waals surface area contributed by atoms with Crippen molar-refractivity contribution in [3.05, 3.63) is 33.8 Å². The standard InChI is InChI=1S/C15H21BrN2O.ClH/c1-11-12(5-3-6-13(11)16)14(19)18-10-15(2)7-4-8-17-9-15;/h3,5-6,17H,4,7-10H2,1-2H3,(H,18,19);1H. The SMILES string of the molecule is Cc1c(Br)cccc1C(=O)NCC1(C)CCCNC1.Cl. The second-order valence-electron chi connectivity index (χ2n) is 5.69. The first kappa shape index (κ1) is 17.5. The van der Waals surface area contributed by atoms with E-state index in [0.717, 1.165) is 41.7 Å². The lowest BCUT2D eigenvalue weighted by Crippen LogP contribution is -2.45. The Morgan fingerprint density at radius 2 is 2.25 bits per heavy atom. The maximum absolute atomic E-state index is 12.3. The molecule has 1 saturated heterocycles. The van der Waals surface area contributed by atoms with Gasteiger partial charge in [0.05, 0.1) is 0 Å². The number of carbonyl (C=O) groups excluding carboxylic acids is 1. The van der Waals surface area contributed by atoms with Gasteiger partial charge in [0.1, 0.15) is 0 Å². The number of hydrogen-bond donors (Lipinski definition) is 2. The predicted molar refractivity (Wildman–Crippen MR) is 88.7 cm³/mol. The number of hydrogen-bond acceptors (Lipinski definition) is 2. The van der Waals surface area contributed by atoms with Gasteiger partial charge in [-0.15, -0.1) is 12.4 Å². The third-order valence-electron chi connectivity index (χ3n) is 3.87. The molecule has 0 aliphatic carbocycles. The van der Waals surface area contributed by atoms with Gasteiger partial charge in [-0.25, -0.2) is 0 Å². The summed E-state index contributed by atoms with van der Waals surface area (Å²) in [5.41, 5.74) is 1.92. The Hall–Kier alpha value is -0.580. The summed E-state index contributed by atoms with van der Waals surface area (Å²) in [6.45, 7) is 6.99. The molecule has 2 rings (SSSR count). The second kappa shape index (κ2) is 7.43. The third-order valence-corrected chi connectivity index (χ3v) is 4.73. The molecule has 2 N–H and O–H groups in total. The van der Waals surface area contributed by atoms with Gasteiger partial charge in [-0.3, -0.25) is 4.79 Å². The van der Waals surface area contributed by atoms with E-state index in [2.05, 4.69) is 33.5 Å². The molecule has 0 bridgehead atoms. The van der Waals surface area contributed by atoms with Crippen LogP contribution in [0.2, 0.25) is 0 Å². The van der Waals surface area contributed by atoms with Crippen molar-refractivity contribution in [3.8, 4) is 0 Å². The van der Waals surface area contributed by atoms with Gasteiger partial charge in [-0.2, -0.15) is 0 Å². The molecule has 3 nitrogen and oxygen atoms in total. The normalized spacial score (nSPS) is 21.9. The number of amides is 1. The van der Waals surface area contributed by atoms with Crippen LogP contribution in [-0.2, 0) is 0 Å². The summed E-state index contributed by atoms with van der Waals surface area (Å²) in [5, 5.41) is 6.48. The molecule has 20 heavy (non-hydrogen) atoms. The minimum atomic E-state index is 0. The highest BCUT2D eigenvalue weighted by molar-refractivity contribution is 9.10. The van der Waals surface area contributed by atoms with Gasteiger partial charge >= 0.3 is 0 Å². The fraction of sp³-hybridized carbons (Fsp3) is 0.533. The number of rotatable bonds is 3. The molecule has 0 saturated carbocycles. The van der Waals surface area contributed by atoms with E-state index in [0.29, 0.717) is 0 Å². The number of piperidine rings is 1. The Morgan fingerprint density at radius 1 is 1.50 bits per heavy atom. The lowest BCUT2D eigenvalue weighted by Gasteiger charge is -2.34. The highest BCUT2D eigenvalue weighted by Gasteiger charge is 2.27. The number of nitrogens with one attached hydrogen (secondary N) is 2. The van der Waals surface area contributed by atoms with Crippen molar-refractivity contribution in [1.29, 1.82) is 0 Å². The van der Waals surface area contributed by atoms with Crippen LogP contribution in [-0.4, -0.2) is 25.5 Å². The minimum Gasteiger partial charge on any atom is -0.351 e. The van der Waals surface area contributed by atoms with Gasteiger partial charge in [-0.05, 0) is 49.4 Å². The fourth-order valence-corrected chi connectivity index (χ4v) is 2.88. The molecule has 1 aliphatic rings. The van der Waals surface area contributed by atoms with Crippen molar-refractivity contribution in [1.82, 2.24) is 10.6 Å². The van der Waals surface area contributed by atoms with Crippen molar-refractivity contribution in [2.45, 2.75) is 26.7 Å². The van der Waals surface area contributed by atoms with E-state index < -0.39 is 0 Å². The van der Waals surface area contributed by atoms with Gasteiger partial charge in [0, 0.05) is 23.1 Å². The molecule has 0 spiro atoms. The smallest absolute Gasteiger partial charge is 0.251 e. The van der Waals surface area contributed by atoms with E-state index >= 15 is 0 Å². The van der Waals surface area contributed by atoms with Gasteiger partial charge in [0.15, 0.2) is 0 Å². The molecule has 1 aliphatic heterocycles. The van der Waals surface area contributed by atoms with Gasteiger partial charge in [-0.1, -0.05) is 28.9 Å². The molecule has 1 unspecified atom stereocenters. The van der Waals surface area contributed by atoms with Crippen molar-refractivity contribution < 1.29 is 4.79 Å². The van der Waals surface area contributed by atoms with Gasteiger partial charge in [0.25, 0.3) is 5.91 Å². The summed E-state index contributed by atoms with van der Waals surface area (Å²) in [5.74, 6) is 0.0191. The van der Waals surface area contributed by atoms with Crippen LogP contribution in [0.4, 0.5) is 0 Å². The second-order valence-corrected chi connectivity index (χ2v) is 6.54. The van der Waals surface area contributed by atoms with E-state index in [-0.39, 0.29) is 23.7 Å². The molecule has 1 fully saturated rings. The van der Waals surface area contributed by atoms with Crippen LogP contribution in [0.3, 0.4) is 0 Å². The maximum Gasteiger partial charge on any atom is 0.251 e. The number of benzene rings is 1. The van der Waals surface area contributed by atoms with Crippen LogP contribution < -0.4 is 10.6 Å². The Balaban J connectivity index is 0.00000200. The summed E-state index contributed by atoms with van der Waals surface area (Å²) in [6.07, 6.45) is 2.35. The molecule has 1 heterocycles. The molecule has 5 heteroatoms. The number of halogens is 2. The molecule has 0 aromatic heterocycles. The van der Waals surface area contributed by atoms with Crippen molar-refractivity contribution in [2.75, 3.05) is 19.6 Å². The highest BCUT2D eigenvalue weighted by atomic mass is 79.9. The first-order valence-electron chi connectivity index (χ1n) is 6.76. The predicted octanol–water partition coefficient (Wildman–Crippen LogP) is 3.30. The molecule has 1 aromatic carbocycles. The topological polar surface area (TPSA) is 41.1 Å². The van der Waals surface area contributed by atoms with Crippen LogP contribution in [0.25, 0.3) is 0 Å². The molecular formula is C15H22BrClN2O. The maximum atomic E-state index is 12.3. The van der Waals surface area contributed by atoms with Crippen LogP contribution in [0.15, 0.2) is 22.7 Å². The van der Waals surface area contributed by atoms with Crippen LogP contribution in [0.1, 0.15) is 35.7 Å². The van der Waals surface area contributed by atoms with Crippen molar-refractivity contribution >= 4 is 34.2 Å². The Morgan fingerprint density at radius 3 is 2.90 bits per heavy atom. The lowest BCUT2D eigenvalue weighted by atomic mass is 9.83. The van der Waals surface area contributed by atoms with E-state index in [1.165, 1.54) is 6.42 Å². The van der Waals surface area contributed by atoms with E-state index in [4.69, 9.17) is 0 Å². The van der Waals surface area contributed by atoms with E-state index in [9.17, 15) is 4.79 Å². The van der Waals surface area contributed by atoms with Crippen LogP contribution in [0, 0.1) is 12.3 Å². The molecule has 1 aromatic rings. The Bertz CT molecular complexity index is 473. The monoisotopic (exact) mass is 360 g/mol. The molecule has 1 atom stereocenters. The zero-order chi connectivity index (χ0) is 13.9. The summed E-state index contributed by atoms with van der Waals surface area (Å²) >= 11 is 3.46. The molecule has 0 radical (unpaired) electrons. The fourth-order valence-electron chi connectivity index (χ4n) is 2.51. The van der Waals surface area contributed by atoms with Crippen LogP contribution >= 0.6 is 28.3 Å². The average molecular weight is 362 g/mol. The Kier molecular flexibility index (Phi) is 6.49. The largest absolute Gasteiger partial charge is 0.351 e. The number of carbonyl (C=O) groups is 1. The van der Waals surface area contributed by atoms with Gasteiger partial charge < -0.3 is 10.6 Å². The van der Waals surface area contributed by atoms with Crippen molar-refractivity contribution in [2.24, 2.45) is 5.41 Å². The summed E-state index contributed by atoms with van der Waals surface area (Å²) in [6, 6.07) is 5.73.